The highest BCUT2D eigenvalue weighted by molar-refractivity contribution is 5.92. The molecule has 1 aromatic rings. The number of ether oxygens (including phenoxy) is 1. The summed E-state index contributed by atoms with van der Waals surface area (Å²) < 4.78 is 4.69. The predicted octanol–water partition coefficient (Wildman–Crippen LogP) is 1.02. The molecule has 0 atom stereocenters. The molecule has 0 aromatic heterocycles. The standard InChI is InChI=1S/C14H21N3O3/c1-4-16-13(18)9-17(5-2)12-8-10(14(19)20-3)6-7-11(12)15/h6-8H,4-5,9,15H2,1-3H3,(H,16,18). The molecule has 0 fully saturated rings. The number of methoxy groups -OCH3 is 1. The van der Waals surface area contributed by atoms with Gasteiger partial charge in [-0.25, -0.2) is 4.79 Å². The van der Waals surface area contributed by atoms with Crippen molar-refractivity contribution in [2.45, 2.75) is 13.8 Å². The Balaban J connectivity index is 3.01. The van der Waals surface area contributed by atoms with Crippen molar-refractivity contribution in [3.05, 3.63) is 23.8 Å². The summed E-state index contributed by atoms with van der Waals surface area (Å²) in [5.41, 5.74) is 7.51. The average Bonchev–Trinajstić information content (AvgIpc) is 2.45. The van der Waals surface area contributed by atoms with E-state index in [0.717, 1.165) is 0 Å². The van der Waals surface area contributed by atoms with E-state index in [2.05, 4.69) is 10.1 Å². The molecule has 0 aliphatic carbocycles. The Morgan fingerprint density at radius 3 is 2.60 bits per heavy atom. The number of benzene rings is 1. The highest BCUT2D eigenvalue weighted by atomic mass is 16.5. The number of nitrogens with one attached hydrogen (secondary N) is 1. The summed E-state index contributed by atoms with van der Waals surface area (Å²) in [5.74, 6) is -0.516. The van der Waals surface area contributed by atoms with Gasteiger partial charge in [0.25, 0.3) is 0 Å². The predicted molar refractivity (Wildman–Crippen MR) is 78.8 cm³/mol. The number of anilines is 2. The van der Waals surface area contributed by atoms with E-state index in [1.54, 1.807) is 18.2 Å². The van der Waals surface area contributed by atoms with E-state index >= 15 is 0 Å². The SMILES string of the molecule is CCNC(=O)CN(CC)c1cc(C(=O)OC)ccc1N. The summed E-state index contributed by atoms with van der Waals surface area (Å²) in [6, 6.07) is 4.89. The third-order valence-electron chi connectivity index (χ3n) is 2.88. The van der Waals surface area contributed by atoms with Crippen LogP contribution < -0.4 is 16.0 Å². The molecule has 3 N–H and O–H groups in total. The minimum absolute atomic E-state index is 0.0859. The molecule has 6 nitrogen and oxygen atoms in total. The van der Waals surface area contributed by atoms with E-state index < -0.39 is 5.97 Å². The number of nitrogen functional groups attached to an aromatic ring is 1. The van der Waals surface area contributed by atoms with Gasteiger partial charge in [0.05, 0.1) is 30.6 Å². The first-order valence-electron chi connectivity index (χ1n) is 6.52. The van der Waals surface area contributed by atoms with Crippen molar-refractivity contribution in [2.75, 3.05) is 37.4 Å². The lowest BCUT2D eigenvalue weighted by Crippen LogP contribution is -2.37. The van der Waals surface area contributed by atoms with Gasteiger partial charge in [0.15, 0.2) is 0 Å². The molecule has 1 rings (SSSR count). The van der Waals surface area contributed by atoms with Gasteiger partial charge in [0.1, 0.15) is 0 Å². The summed E-state index contributed by atoms with van der Waals surface area (Å²) in [5, 5.41) is 2.74. The van der Waals surface area contributed by atoms with Crippen molar-refractivity contribution in [1.29, 1.82) is 0 Å². The molecule has 20 heavy (non-hydrogen) atoms. The zero-order valence-corrected chi connectivity index (χ0v) is 12.1. The number of amides is 1. The van der Waals surface area contributed by atoms with Crippen LogP contribution in [0.5, 0.6) is 0 Å². The Morgan fingerprint density at radius 1 is 1.35 bits per heavy atom. The number of esters is 1. The van der Waals surface area contributed by atoms with Gasteiger partial charge in [-0.3, -0.25) is 4.79 Å². The molecule has 0 saturated carbocycles. The highest BCUT2D eigenvalue weighted by Gasteiger charge is 2.15. The summed E-state index contributed by atoms with van der Waals surface area (Å²) in [6.45, 7) is 5.16. The van der Waals surface area contributed by atoms with Crippen molar-refractivity contribution in [2.24, 2.45) is 0 Å². The van der Waals surface area contributed by atoms with Gasteiger partial charge in [-0.05, 0) is 32.0 Å². The quantitative estimate of drug-likeness (QED) is 0.600. The second-order valence-electron chi connectivity index (χ2n) is 4.23. The maximum atomic E-state index is 11.7. The van der Waals surface area contributed by atoms with E-state index in [1.807, 2.05) is 18.7 Å². The van der Waals surface area contributed by atoms with E-state index in [9.17, 15) is 9.59 Å². The fraction of sp³-hybridized carbons (Fsp3) is 0.429. The third kappa shape index (κ3) is 3.88. The lowest BCUT2D eigenvalue weighted by atomic mass is 10.1. The van der Waals surface area contributed by atoms with Crippen molar-refractivity contribution in [3.8, 4) is 0 Å². The fourth-order valence-corrected chi connectivity index (χ4v) is 1.86. The first kappa shape index (κ1) is 15.8. The number of hydrogen-bond donors (Lipinski definition) is 2. The molecule has 0 spiro atoms. The fourth-order valence-electron chi connectivity index (χ4n) is 1.86. The summed E-state index contributed by atoms with van der Waals surface area (Å²) in [7, 11) is 1.32. The Labute approximate surface area is 118 Å². The molecule has 1 aromatic carbocycles. The molecular formula is C14H21N3O3. The number of nitrogens with zero attached hydrogens (tertiary/aromatic N) is 1. The monoisotopic (exact) mass is 279 g/mol. The van der Waals surface area contributed by atoms with Crippen molar-refractivity contribution < 1.29 is 14.3 Å². The van der Waals surface area contributed by atoms with E-state index in [1.165, 1.54) is 7.11 Å². The molecule has 6 heteroatoms. The molecule has 0 heterocycles. The maximum Gasteiger partial charge on any atom is 0.337 e. The minimum atomic E-state index is -0.430. The number of rotatable bonds is 6. The van der Waals surface area contributed by atoms with Crippen molar-refractivity contribution in [3.63, 3.8) is 0 Å². The number of hydrogen-bond acceptors (Lipinski definition) is 5. The second-order valence-corrected chi connectivity index (χ2v) is 4.23. The summed E-state index contributed by atoms with van der Waals surface area (Å²) in [4.78, 5) is 25.1. The zero-order chi connectivity index (χ0) is 15.1. The van der Waals surface area contributed by atoms with E-state index in [-0.39, 0.29) is 12.5 Å². The summed E-state index contributed by atoms with van der Waals surface area (Å²) in [6.07, 6.45) is 0. The van der Waals surface area contributed by atoms with Crippen LogP contribution in [-0.4, -0.2) is 38.6 Å². The first-order chi connectivity index (χ1) is 9.53. The van der Waals surface area contributed by atoms with Gasteiger partial charge >= 0.3 is 5.97 Å². The number of likely N-dealkylation sites (N-methyl/N-ethyl adjacent to an activating group) is 2. The Kier molecular flexibility index (Phi) is 5.83. The largest absolute Gasteiger partial charge is 0.465 e. The number of carbonyl (C=O) groups excluding carboxylic acids is 2. The van der Waals surface area contributed by atoms with Gasteiger partial charge in [-0.2, -0.15) is 0 Å². The van der Waals surface area contributed by atoms with Crippen LogP contribution in [0, 0.1) is 0 Å². The van der Waals surface area contributed by atoms with Crippen LogP contribution in [0.2, 0.25) is 0 Å². The molecule has 0 saturated heterocycles. The molecule has 0 unspecified atom stereocenters. The van der Waals surface area contributed by atoms with Crippen LogP contribution >= 0.6 is 0 Å². The van der Waals surface area contributed by atoms with Crippen LogP contribution in [0.3, 0.4) is 0 Å². The maximum absolute atomic E-state index is 11.7. The molecule has 0 bridgehead atoms. The molecule has 0 radical (unpaired) electrons. The lowest BCUT2D eigenvalue weighted by Gasteiger charge is -2.24. The molecule has 1 amide bonds. The normalized spacial score (nSPS) is 9.95. The first-order valence-corrected chi connectivity index (χ1v) is 6.52. The number of nitrogens with two attached hydrogens (primary N) is 1. The van der Waals surface area contributed by atoms with Gasteiger partial charge < -0.3 is 20.7 Å². The van der Waals surface area contributed by atoms with Crippen LogP contribution in [0.4, 0.5) is 11.4 Å². The van der Waals surface area contributed by atoms with Gasteiger partial charge in [0.2, 0.25) is 5.91 Å². The van der Waals surface area contributed by atoms with E-state index in [4.69, 9.17) is 5.73 Å². The molecule has 0 aliphatic heterocycles. The number of carbonyl (C=O) groups is 2. The molecule has 110 valence electrons. The van der Waals surface area contributed by atoms with Crippen LogP contribution in [0.15, 0.2) is 18.2 Å². The van der Waals surface area contributed by atoms with Crippen molar-refractivity contribution >= 4 is 23.3 Å². The Bertz CT molecular complexity index is 489. The van der Waals surface area contributed by atoms with Crippen LogP contribution in [0.1, 0.15) is 24.2 Å². The van der Waals surface area contributed by atoms with Crippen molar-refractivity contribution in [1.82, 2.24) is 5.32 Å². The molecular weight excluding hydrogens is 258 g/mol. The van der Waals surface area contributed by atoms with Gasteiger partial charge in [-0.15, -0.1) is 0 Å². The third-order valence-corrected chi connectivity index (χ3v) is 2.88. The van der Waals surface area contributed by atoms with Crippen LogP contribution in [0.25, 0.3) is 0 Å². The summed E-state index contributed by atoms with van der Waals surface area (Å²) >= 11 is 0. The average molecular weight is 279 g/mol. The highest BCUT2D eigenvalue weighted by Crippen LogP contribution is 2.24. The topological polar surface area (TPSA) is 84.7 Å². The second kappa shape index (κ2) is 7.37. The molecule has 0 aliphatic rings. The van der Waals surface area contributed by atoms with Crippen LogP contribution in [-0.2, 0) is 9.53 Å². The van der Waals surface area contributed by atoms with E-state index in [0.29, 0.717) is 30.0 Å². The lowest BCUT2D eigenvalue weighted by molar-refractivity contribution is -0.119. The van der Waals surface area contributed by atoms with Gasteiger partial charge in [-0.1, -0.05) is 0 Å². The minimum Gasteiger partial charge on any atom is -0.465 e. The zero-order valence-electron chi connectivity index (χ0n) is 12.1. The smallest absolute Gasteiger partial charge is 0.337 e. The van der Waals surface area contributed by atoms with Gasteiger partial charge in [0, 0.05) is 13.1 Å². The Hall–Kier alpha value is -2.24. The Morgan fingerprint density at radius 2 is 2.05 bits per heavy atom.